The van der Waals surface area contributed by atoms with E-state index in [-0.39, 0.29) is 10.4 Å². The van der Waals surface area contributed by atoms with E-state index in [0.717, 1.165) is 12.1 Å². The summed E-state index contributed by atoms with van der Waals surface area (Å²) in [6.45, 7) is 0. The van der Waals surface area contributed by atoms with Crippen molar-refractivity contribution in [1.29, 1.82) is 0 Å². The maximum Gasteiger partial charge on any atom is 0.501 e. The fraction of sp³-hybridized carbons (Fsp3) is 0.100. The van der Waals surface area contributed by atoms with E-state index in [9.17, 15) is 21.6 Å². The zero-order valence-corrected chi connectivity index (χ0v) is 10.1. The van der Waals surface area contributed by atoms with Crippen LogP contribution in [0.3, 0.4) is 0 Å². The summed E-state index contributed by atoms with van der Waals surface area (Å²) in [5, 5.41) is 0.295. The van der Waals surface area contributed by atoms with Gasteiger partial charge in [0.05, 0.1) is 15.4 Å². The van der Waals surface area contributed by atoms with Gasteiger partial charge in [0.15, 0.2) is 0 Å². The van der Waals surface area contributed by atoms with Crippen molar-refractivity contribution in [1.82, 2.24) is 4.98 Å². The number of halogens is 4. The topological polar surface area (TPSA) is 47.0 Å². The van der Waals surface area contributed by atoms with Crippen LogP contribution in [0.5, 0.6) is 0 Å². The molecule has 0 fully saturated rings. The SMILES string of the molecule is O=S(=O)(c1ccc2nccc(Cl)c2c1)C(F)(F)F. The molecule has 1 heterocycles. The Balaban J connectivity index is 2.72. The van der Waals surface area contributed by atoms with E-state index in [1.807, 2.05) is 0 Å². The molecule has 8 heteroatoms. The number of aromatic nitrogens is 1. The van der Waals surface area contributed by atoms with Crippen molar-refractivity contribution < 1.29 is 21.6 Å². The second-order valence-corrected chi connectivity index (χ2v) is 5.77. The molecule has 0 saturated heterocycles. The van der Waals surface area contributed by atoms with Gasteiger partial charge < -0.3 is 0 Å². The summed E-state index contributed by atoms with van der Waals surface area (Å²) in [5.41, 5.74) is -5.02. The predicted molar refractivity (Wildman–Crippen MR) is 60.0 cm³/mol. The Bertz CT molecular complexity index is 713. The molecule has 18 heavy (non-hydrogen) atoms. The van der Waals surface area contributed by atoms with Crippen LogP contribution in [0.15, 0.2) is 35.4 Å². The van der Waals surface area contributed by atoms with E-state index in [1.165, 1.54) is 18.3 Å². The highest BCUT2D eigenvalue weighted by atomic mass is 35.5. The Morgan fingerprint density at radius 2 is 1.83 bits per heavy atom. The summed E-state index contributed by atoms with van der Waals surface area (Å²) < 4.78 is 59.6. The third-order valence-corrected chi connectivity index (χ3v) is 4.09. The molecule has 0 unspecified atom stereocenters. The summed E-state index contributed by atoms with van der Waals surface area (Å²) >= 11 is 5.78. The molecule has 0 aliphatic rings. The molecule has 0 bridgehead atoms. The van der Waals surface area contributed by atoms with Crippen LogP contribution in [0.25, 0.3) is 10.9 Å². The second-order valence-electron chi connectivity index (χ2n) is 3.42. The summed E-state index contributed by atoms with van der Waals surface area (Å²) in [4.78, 5) is 3.02. The molecule has 0 radical (unpaired) electrons. The first kappa shape index (κ1) is 13.1. The summed E-state index contributed by atoms with van der Waals surface area (Å²) in [5.74, 6) is 0. The van der Waals surface area contributed by atoms with E-state index >= 15 is 0 Å². The second kappa shape index (κ2) is 4.10. The van der Waals surface area contributed by atoms with Crippen LogP contribution in [0.4, 0.5) is 13.2 Å². The zero-order valence-electron chi connectivity index (χ0n) is 8.57. The van der Waals surface area contributed by atoms with Crippen molar-refractivity contribution in [2.75, 3.05) is 0 Å². The Labute approximate surface area is 105 Å². The first-order valence-corrected chi connectivity index (χ1v) is 6.45. The Hall–Kier alpha value is -1.34. The largest absolute Gasteiger partial charge is 0.501 e. The number of fused-ring (bicyclic) bond motifs is 1. The molecule has 1 aromatic heterocycles. The van der Waals surface area contributed by atoms with Gasteiger partial charge in [0.1, 0.15) is 0 Å². The fourth-order valence-corrected chi connectivity index (χ4v) is 2.39. The number of pyridine rings is 1. The standard InChI is InChI=1S/C10H5ClF3NO2S/c11-8-3-4-15-9-2-1-6(5-7(8)9)18(16,17)10(12,13)14/h1-5H. The van der Waals surface area contributed by atoms with Crippen LogP contribution in [-0.4, -0.2) is 18.9 Å². The van der Waals surface area contributed by atoms with Crippen molar-refractivity contribution in [3.05, 3.63) is 35.5 Å². The molecular weight excluding hydrogens is 291 g/mol. The van der Waals surface area contributed by atoms with Crippen molar-refractivity contribution >= 4 is 32.3 Å². The van der Waals surface area contributed by atoms with Crippen molar-refractivity contribution in [2.24, 2.45) is 0 Å². The van der Waals surface area contributed by atoms with E-state index in [4.69, 9.17) is 11.6 Å². The van der Waals surface area contributed by atoms with Crippen LogP contribution in [0.1, 0.15) is 0 Å². The Morgan fingerprint density at radius 1 is 1.17 bits per heavy atom. The molecule has 3 nitrogen and oxygen atoms in total. The summed E-state index contributed by atoms with van der Waals surface area (Å²) in [7, 11) is -5.37. The number of nitrogens with zero attached hydrogens (tertiary/aromatic N) is 1. The highest BCUT2D eigenvalue weighted by Crippen LogP contribution is 2.32. The molecule has 2 aromatic rings. The summed E-state index contributed by atoms with van der Waals surface area (Å²) in [6.07, 6.45) is 1.38. The Kier molecular flexibility index (Phi) is 2.98. The van der Waals surface area contributed by atoms with Crippen molar-refractivity contribution in [3.8, 4) is 0 Å². The normalized spacial score (nSPS) is 12.9. The highest BCUT2D eigenvalue weighted by molar-refractivity contribution is 7.92. The van der Waals surface area contributed by atoms with Gasteiger partial charge in [0, 0.05) is 11.6 Å². The zero-order chi connectivity index (χ0) is 13.6. The van der Waals surface area contributed by atoms with E-state index in [1.54, 1.807) is 0 Å². The van der Waals surface area contributed by atoms with Gasteiger partial charge in [0.2, 0.25) is 0 Å². The van der Waals surface area contributed by atoms with Crippen LogP contribution in [0.2, 0.25) is 5.02 Å². The highest BCUT2D eigenvalue weighted by Gasteiger charge is 2.46. The molecular formula is C10H5ClF3NO2S. The van der Waals surface area contributed by atoms with Crippen molar-refractivity contribution in [3.63, 3.8) is 0 Å². The maximum atomic E-state index is 12.4. The third-order valence-electron chi connectivity index (χ3n) is 2.27. The lowest BCUT2D eigenvalue weighted by Crippen LogP contribution is -2.23. The van der Waals surface area contributed by atoms with Crippen LogP contribution < -0.4 is 0 Å². The first-order valence-electron chi connectivity index (χ1n) is 4.59. The van der Waals surface area contributed by atoms with Crippen molar-refractivity contribution in [2.45, 2.75) is 10.4 Å². The number of hydrogen-bond acceptors (Lipinski definition) is 3. The van der Waals surface area contributed by atoms with E-state index in [0.29, 0.717) is 5.52 Å². The smallest absolute Gasteiger partial charge is 0.256 e. The first-order chi connectivity index (χ1) is 8.23. The minimum Gasteiger partial charge on any atom is -0.256 e. The average molecular weight is 296 g/mol. The lowest BCUT2D eigenvalue weighted by Gasteiger charge is -2.09. The van der Waals surface area contributed by atoms with Crippen LogP contribution >= 0.6 is 11.6 Å². The quantitative estimate of drug-likeness (QED) is 0.812. The van der Waals surface area contributed by atoms with E-state index < -0.39 is 20.2 Å². The van der Waals surface area contributed by atoms with Gasteiger partial charge in [-0.1, -0.05) is 11.6 Å². The van der Waals surface area contributed by atoms with Gasteiger partial charge in [-0.05, 0) is 24.3 Å². The van der Waals surface area contributed by atoms with Gasteiger partial charge in [-0.3, -0.25) is 4.98 Å². The molecule has 96 valence electrons. The van der Waals surface area contributed by atoms with Gasteiger partial charge in [0.25, 0.3) is 9.84 Å². The van der Waals surface area contributed by atoms with Crippen LogP contribution in [-0.2, 0) is 9.84 Å². The van der Waals surface area contributed by atoms with Gasteiger partial charge >= 0.3 is 5.51 Å². The predicted octanol–water partition coefficient (Wildman–Crippen LogP) is 3.18. The molecule has 1 aromatic carbocycles. The van der Waals surface area contributed by atoms with Gasteiger partial charge in [-0.15, -0.1) is 0 Å². The minimum atomic E-state index is -5.37. The van der Waals surface area contributed by atoms with E-state index in [2.05, 4.69) is 4.98 Å². The molecule has 0 amide bonds. The molecule has 2 rings (SSSR count). The maximum absolute atomic E-state index is 12.4. The number of rotatable bonds is 1. The number of sulfone groups is 1. The molecule has 0 atom stereocenters. The Morgan fingerprint density at radius 3 is 2.44 bits per heavy atom. The number of alkyl halides is 3. The minimum absolute atomic E-state index is 0.138. The van der Waals surface area contributed by atoms with Crippen LogP contribution in [0, 0.1) is 0 Å². The lowest BCUT2D eigenvalue weighted by atomic mass is 10.2. The fourth-order valence-electron chi connectivity index (χ4n) is 1.39. The molecule has 0 saturated carbocycles. The van der Waals surface area contributed by atoms with Gasteiger partial charge in [-0.2, -0.15) is 13.2 Å². The summed E-state index contributed by atoms with van der Waals surface area (Å²) in [6, 6.07) is 4.27. The molecule has 0 spiro atoms. The van der Waals surface area contributed by atoms with Gasteiger partial charge in [-0.25, -0.2) is 8.42 Å². The number of hydrogen-bond donors (Lipinski definition) is 0. The lowest BCUT2D eigenvalue weighted by molar-refractivity contribution is -0.0435. The third kappa shape index (κ3) is 2.04. The molecule has 0 aliphatic carbocycles. The monoisotopic (exact) mass is 295 g/mol. The average Bonchev–Trinajstić information content (AvgIpc) is 2.27. The molecule has 0 N–H and O–H groups in total. The number of benzene rings is 1. The molecule has 0 aliphatic heterocycles.